The number of hydrogen-bond donors (Lipinski definition) is 3. The number of rotatable bonds is 9. The van der Waals surface area contributed by atoms with Crippen LogP contribution in [0.5, 0.6) is 11.5 Å². The molecule has 0 saturated carbocycles. The van der Waals surface area contributed by atoms with Crippen LogP contribution >= 0.6 is 0 Å². The normalized spacial score (nSPS) is 10.6. The van der Waals surface area contributed by atoms with Gasteiger partial charge in [-0.3, -0.25) is 9.59 Å². The predicted molar refractivity (Wildman–Crippen MR) is 128 cm³/mol. The molecule has 2 amide bonds. The Morgan fingerprint density at radius 1 is 0.909 bits per heavy atom. The van der Waals surface area contributed by atoms with E-state index in [1.807, 2.05) is 30.5 Å². The lowest BCUT2D eigenvalue weighted by Gasteiger charge is -2.11. The summed E-state index contributed by atoms with van der Waals surface area (Å²) in [4.78, 5) is 27.9. The van der Waals surface area contributed by atoms with Crippen molar-refractivity contribution in [1.82, 2.24) is 10.3 Å². The summed E-state index contributed by atoms with van der Waals surface area (Å²) in [7, 11) is 1.54. The molecular weight excluding hydrogens is 418 g/mol. The maximum Gasteiger partial charge on any atom is 0.262 e. The highest BCUT2D eigenvalue weighted by Gasteiger charge is 2.09. The first kappa shape index (κ1) is 22.0. The lowest BCUT2D eigenvalue weighted by molar-refractivity contribution is -0.118. The van der Waals surface area contributed by atoms with Crippen LogP contribution < -0.4 is 20.1 Å². The number of hydrogen-bond acceptors (Lipinski definition) is 4. The zero-order chi connectivity index (χ0) is 23.0. The molecule has 4 aromatic rings. The number of H-pyrrole nitrogens is 1. The van der Waals surface area contributed by atoms with E-state index in [0.29, 0.717) is 29.3 Å². The molecule has 1 aromatic heterocycles. The number of carbonyl (C=O) groups excluding carboxylic acids is 2. The third-order valence-corrected chi connectivity index (χ3v) is 5.22. The molecule has 0 saturated heterocycles. The average Bonchev–Trinajstić information content (AvgIpc) is 3.33. The van der Waals surface area contributed by atoms with Crippen molar-refractivity contribution in [3.8, 4) is 11.5 Å². The Bertz CT molecular complexity index is 1250. The first-order valence-corrected chi connectivity index (χ1v) is 10.6. The van der Waals surface area contributed by atoms with Crippen molar-refractivity contribution < 1.29 is 19.1 Å². The molecule has 3 aromatic carbocycles. The van der Waals surface area contributed by atoms with E-state index < -0.39 is 0 Å². The molecule has 3 N–H and O–H groups in total. The summed E-state index contributed by atoms with van der Waals surface area (Å²) >= 11 is 0. The number of benzene rings is 3. The van der Waals surface area contributed by atoms with E-state index >= 15 is 0 Å². The molecule has 33 heavy (non-hydrogen) atoms. The summed E-state index contributed by atoms with van der Waals surface area (Å²) in [6.07, 6.45) is 2.65. The van der Waals surface area contributed by atoms with Crippen molar-refractivity contribution >= 4 is 28.4 Å². The second-order valence-electron chi connectivity index (χ2n) is 7.43. The minimum Gasteiger partial charge on any atom is -0.493 e. The van der Waals surface area contributed by atoms with Crippen molar-refractivity contribution in [2.75, 3.05) is 25.6 Å². The molecule has 7 nitrogen and oxygen atoms in total. The summed E-state index contributed by atoms with van der Waals surface area (Å²) in [6, 6.07) is 22.0. The molecule has 0 spiro atoms. The van der Waals surface area contributed by atoms with Gasteiger partial charge in [-0.25, -0.2) is 0 Å². The van der Waals surface area contributed by atoms with Crippen LogP contribution in [0, 0.1) is 0 Å². The summed E-state index contributed by atoms with van der Waals surface area (Å²) < 4.78 is 10.7. The molecule has 7 heteroatoms. The third-order valence-electron chi connectivity index (χ3n) is 5.22. The van der Waals surface area contributed by atoms with Gasteiger partial charge in [-0.1, -0.05) is 24.3 Å². The lowest BCUT2D eigenvalue weighted by Crippen LogP contribution is -2.25. The van der Waals surface area contributed by atoms with E-state index in [1.54, 1.807) is 49.6 Å². The summed E-state index contributed by atoms with van der Waals surface area (Å²) in [5, 5.41) is 6.87. The molecular formula is C26H25N3O4. The maximum absolute atomic E-state index is 12.5. The number of para-hydroxylation sites is 2. The second kappa shape index (κ2) is 10.4. The third kappa shape index (κ3) is 5.51. The Kier molecular flexibility index (Phi) is 6.90. The van der Waals surface area contributed by atoms with Gasteiger partial charge >= 0.3 is 0 Å². The molecule has 0 atom stereocenters. The van der Waals surface area contributed by atoms with Crippen LogP contribution in [0.15, 0.2) is 79.0 Å². The molecule has 0 aliphatic carbocycles. The van der Waals surface area contributed by atoms with Gasteiger partial charge in [-0.2, -0.15) is 0 Å². The summed E-state index contributed by atoms with van der Waals surface area (Å²) in [5.74, 6) is 0.589. The number of aromatic amines is 1. The SMILES string of the molecule is COc1ccccc1OCC(=O)Nc1ccc(C(=O)NCCc2cccc3[nH]ccc23)cc1. The highest BCUT2D eigenvalue weighted by Crippen LogP contribution is 2.25. The molecule has 1 heterocycles. The van der Waals surface area contributed by atoms with E-state index in [-0.39, 0.29) is 18.4 Å². The fraction of sp³-hybridized carbons (Fsp3) is 0.154. The van der Waals surface area contributed by atoms with Gasteiger partial charge in [0.2, 0.25) is 0 Å². The van der Waals surface area contributed by atoms with Crippen molar-refractivity contribution in [3.63, 3.8) is 0 Å². The second-order valence-corrected chi connectivity index (χ2v) is 7.43. The predicted octanol–water partition coefficient (Wildman–Crippen LogP) is 4.17. The topological polar surface area (TPSA) is 92.4 Å². The monoisotopic (exact) mass is 443 g/mol. The number of amides is 2. The van der Waals surface area contributed by atoms with E-state index in [2.05, 4.69) is 21.7 Å². The Morgan fingerprint density at radius 2 is 1.70 bits per heavy atom. The van der Waals surface area contributed by atoms with Crippen molar-refractivity contribution in [2.24, 2.45) is 0 Å². The molecule has 0 fully saturated rings. The minimum atomic E-state index is -0.308. The summed E-state index contributed by atoms with van der Waals surface area (Å²) in [6.45, 7) is 0.373. The number of anilines is 1. The van der Waals surface area contributed by atoms with Crippen molar-refractivity contribution in [3.05, 3.63) is 90.1 Å². The van der Waals surface area contributed by atoms with Gasteiger partial charge in [0.05, 0.1) is 7.11 Å². The Morgan fingerprint density at radius 3 is 2.48 bits per heavy atom. The number of ether oxygens (including phenoxy) is 2. The van der Waals surface area contributed by atoms with E-state index in [9.17, 15) is 9.59 Å². The van der Waals surface area contributed by atoms with Crippen LogP contribution in [0.4, 0.5) is 5.69 Å². The van der Waals surface area contributed by atoms with Crippen LogP contribution in [0.25, 0.3) is 10.9 Å². The van der Waals surface area contributed by atoms with Gasteiger partial charge < -0.3 is 25.1 Å². The minimum absolute atomic E-state index is 0.156. The quantitative estimate of drug-likeness (QED) is 0.362. The molecule has 0 unspecified atom stereocenters. The molecule has 0 radical (unpaired) electrons. The zero-order valence-corrected chi connectivity index (χ0v) is 18.3. The Hall–Kier alpha value is -4.26. The number of carbonyl (C=O) groups is 2. The zero-order valence-electron chi connectivity index (χ0n) is 18.3. The van der Waals surface area contributed by atoms with E-state index in [1.165, 1.54) is 10.9 Å². The first-order valence-electron chi connectivity index (χ1n) is 10.6. The largest absolute Gasteiger partial charge is 0.493 e. The highest BCUT2D eigenvalue weighted by molar-refractivity contribution is 5.96. The van der Waals surface area contributed by atoms with Crippen molar-refractivity contribution in [2.45, 2.75) is 6.42 Å². The number of methoxy groups -OCH3 is 1. The van der Waals surface area contributed by atoms with Gasteiger partial charge in [0.25, 0.3) is 11.8 Å². The van der Waals surface area contributed by atoms with E-state index in [0.717, 1.165) is 11.9 Å². The van der Waals surface area contributed by atoms with Crippen LogP contribution in [-0.4, -0.2) is 37.1 Å². The van der Waals surface area contributed by atoms with Crippen LogP contribution in [0.3, 0.4) is 0 Å². The fourth-order valence-corrected chi connectivity index (χ4v) is 3.56. The molecule has 0 aliphatic rings. The highest BCUT2D eigenvalue weighted by atomic mass is 16.5. The maximum atomic E-state index is 12.5. The number of fused-ring (bicyclic) bond motifs is 1. The van der Waals surface area contributed by atoms with Crippen molar-refractivity contribution in [1.29, 1.82) is 0 Å². The first-order chi connectivity index (χ1) is 16.1. The average molecular weight is 444 g/mol. The van der Waals surface area contributed by atoms with Gasteiger partial charge in [-0.05, 0) is 60.5 Å². The Balaban J connectivity index is 1.25. The van der Waals surface area contributed by atoms with Gasteiger partial charge in [0.15, 0.2) is 18.1 Å². The molecule has 4 rings (SSSR count). The van der Waals surface area contributed by atoms with Crippen LogP contribution in [-0.2, 0) is 11.2 Å². The lowest BCUT2D eigenvalue weighted by atomic mass is 10.1. The Labute approximate surface area is 191 Å². The smallest absolute Gasteiger partial charge is 0.262 e. The molecule has 168 valence electrons. The number of nitrogens with one attached hydrogen (secondary N) is 3. The van der Waals surface area contributed by atoms with E-state index in [4.69, 9.17) is 9.47 Å². The van der Waals surface area contributed by atoms with Gasteiger partial charge in [0.1, 0.15) is 0 Å². The van der Waals surface area contributed by atoms with Gasteiger partial charge in [-0.15, -0.1) is 0 Å². The molecule has 0 bridgehead atoms. The van der Waals surface area contributed by atoms with Crippen LogP contribution in [0.1, 0.15) is 15.9 Å². The van der Waals surface area contributed by atoms with Gasteiger partial charge in [0, 0.05) is 34.9 Å². The fourth-order valence-electron chi connectivity index (χ4n) is 3.56. The standard InChI is InChI=1S/C26H25N3O4/c1-32-23-7-2-3-8-24(23)33-17-25(30)29-20-11-9-19(10-12-20)26(31)28-15-13-18-5-4-6-22-21(18)14-16-27-22/h2-12,14,16,27H,13,15,17H2,1H3,(H,28,31)(H,29,30). The number of aromatic nitrogens is 1. The summed E-state index contributed by atoms with van der Waals surface area (Å²) in [5.41, 5.74) is 3.38. The van der Waals surface area contributed by atoms with Crippen LogP contribution in [0.2, 0.25) is 0 Å². The molecule has 0 aliphatic heterocycles.